The topological polar surface area (TPSA) is 35.5 Å². The molecule has 0 aromatic heterocycles. The second kappa shape index (κ2) is 5.27. The average Bonchev–Trinajstić information content (AvgIpc) is 2.36. The molecule has 1 aromatic rings. The van der Waals surface area contributed by atoms with Gasteiger partial charge in [-0.2, -0.15) is 0 Å². The minimum Gasteiger partial charge on any atom is -0.486 e. The van der Waals surface area contributed by atoms with E-state index >= 15 is 0 Å². The van der Waals surface area contributed by atoms with E-state index in [4.69, 9.17) is 21.1 Å². The van der Waals surface area contributed by atoms with Gasteiger partial charge in [0, 0.05) is 11.6 Å². The molecule has 3 nitrogen and oxygen atoms in total. The third kappa shape index (κ3) is 2.58. The lowest BCUT2D eigenvalue weighted by atomic mass is 10.1. The maximum Gasteiger partial charge on any atom is 0.178 e. The summed E-state index contributed by atoms with van der Waals surface area (Å²) in [5.41, 5.74) is 0.472. The summed E-state index contributed by atoms with van der Waals surface area (Å²) in [6.07, 6.45) is 0.712. The second-order valence-corrected chi connectivity index (χ2v) is 5.23. The number of fused-ring (bicyclic) bond motifs is 1. The van der Waals surface area contributed by atoms with Gasteiger partial charge in [-0.15, -0.1) is 0 Å². The number of carbonyl (C=O) groups excluding carboxylic acids is 1. The van der Waals surface area contributed by atoms with E-state index in [9.17, 15) is 4.79 Å². The van der Waals surface area contributed by atoms with Gasteiger partial charge in [-0.1, -0.05) is 34.5 Å². The number of halogens is 2. The zero-order valence-corrected chi connectivity index (χ0v) is 11.7. The minimum atomic E-state index is -0.220. The van der Waals surface area contributed by atoms with Crippen molar-refractivity contribution in [2.75, 3.05) is 13.2 Å². The highest BCUT2D eigenvalue weighted by Crippen LogP contribution is 2.36. The zero-order valence-electron chi connectivity index (χ0n) is 9.33. The molecule has 5 heteroatoms. The van der Waals surface area contributed by atoms with Crippen LogP contribution in [-0.2, 0) is 0 Å². The molecule has 0 bridgehead atoms. The first-order valence-corrected chi connectivity index (χ1v) is 6.70. The summed E-state index contributed by atoms with van der Waals surface area (Å²) < 4.78 is 10.8. The number of ketones is 1. The number of hydrogen-bond donors (Lipinski definition) is 0. The molecule has 1 heterocycles. The average molecular weight is 320 g/mol. The molecule has 1 aliphatic rings. The molecule has 0 saturated carbocycles. The van der Waals surface area contributed by atoms with Crippen LogP contribution < -0.4 is 9.47 Å². The fourth-order valence-electron chi connectivity index (χ4n) is 1.61. The molecule has 0 aliphatic carbocycles. The van der Waals surface area contributed by atoms with Crippen molar-refractivity contribution in [3.63, 3.8) is 0 Å². The molecule has 0 amide bonds. The van der Waals surface area contributed by atoms with Crippen LogP contribution in [-0.4, -0.2) is 23.8 Å². The lowest BCUT2D eigenvalue weighted by Crippen LogP contribution is -2.18. The van der Waals surface area contributed by atoms with Gasteiger partial charge in [0.2, 0.25) is 0 Å². The summed E-state index contributed by atoms with van der Waals surface area (Å²) in [6, 6.07) is 3.29. The molecule has 92 valence electrons. The van der Waals surface area contributed by atoms with Crippen LogP contribution in [0, 0.1) is 0 Å². The van der Waals surface area contributed by atoms with Crippen molar-refractivity contribution in [1.29, 1.82) is 0 Å². The first kappa shape index (κ1) is 12.7. The SMILES string of the molecule is CCC(Br)C(=O)c1cc2c(cc1Cl)OCCO2. The fourth-order valence-corrected chi connectivity index (χ4v) is 2.10. The van der Waals surface area contributed by atoms with Crippen molar-refractivity contribution >= 4 is 33.3 Å². The van der Waals surface area contributed by atoms with E-state index in [1.807, 2.05) is 6.92 Å². The number of carbonyl (C=O) groups is 1. The van der Waals surface area contributed by atoms with Crippen molar-refractivity contribution in [3.8, 4) is 11.5 Å². The highest BCUT2D eigenvalue weighted by atomic mass is 79.9. The predicted octanol–water partition coefficient (Wildman–Crippen LogP) is 3.47. The Bertz CT molecular complexity index is 448. The Morgan fingerprint density at radius 1 is 1.41 bits per heavy atom. The molecule has 0 spiro atoms. The first-order valence-electron chi connectivity index (χ1n) is 5.41. The normalized spacial score (nSPS) is 15.5. The molecular formula is C12H12BrClO3. The third-order valence-corrected chi connectivity index (χ3v) is 3.92. The predicted molar refractivity (Wildman–Crippen MR) is 69.8 cm³/mol. The number of alkyl halides is 1. The van der Waals surface area contributed by atoms with Gasteiger partial charge in [-0.05, 0) is 12.5 Å². The smallest absolute Gasteiger partial charge is 0.178 e. The number of Topliss-reactive ketones (excluding diaryl/α,β-unsaturated/α-hetero) is 1. The van der Waals surface area contributed by atoms with Gasteiger partial charge >= 0.3 is 0 Å². The van der Waals surface area contributed by atoms with E-state index in [2.05, 4.69) is 15.9 Å². The number of rotatable bonds is 3. The standard InChI is InChI=1S/C12H12BrClO3/c1-2-8(13)12(15)7-5-10-11(6-9(7)14)17-4-3-16-10/h5-6,8H,2-4H2,1H3. The van der Waals surface area contributed by atoms with Crippen molar-refractivity contribution in [3.05, 3.63) is 22.7 Å². The van der Waals surface area contributed by atoms with Gasteiger partial charge in [0.05, 0.1) is 9.85 Å². The maximum atomic E-state index is 12.1. The Morgan fingerprint density at radius 2 is 2.00 bits per heavy atom. The maximum absolute atomic E-state index is 12.1. The minimum absolute atomic E-state index is 0.0329. The van der Waals surface area contributed by atoms with E-state index in [0.29, 0.717) is 41.7 Å². The Hall–Kier alpha value is -0.740. The molecule has 1 aromatic carbocycles. The molecule has 1 unspecified atom stereocenters. The highest BCUT2D eigenvalue weighted by molar-refractivity contribution is 9.10. The molecule has 1 aliphatic heterocycles. The van der Waals surface area contributed by atoms with E-state index in [1.165, 1.54) is 0 Å². The lowest BCUT2D eigenvalue weighted by molar-refractivity contribution is 0.0989. The molecule has 0 saturated heterocycles. The van der Waals surface area contributed by atoms with Gasteiger partial charge in [-0.25, -0.2) is 0 Å². The van der Waals surface area contributed by atoms with Crippen LogP contribution in [0.25, 0.3) is 0 Å². The quantitative estimate of drug-likeness (QED) is 0.632. The summed E-state index contributed by atoms with van der Waals surface area (Å²) in [7, 11) is 0. The van der Waals surface area contributed by atoms with E-state index in [-0.39, 0.29) is 10.6 Å². The van der Waals surface area contributed by atoms with Crippen LogP contribution >= 0.6 is 27.5 Å². The summed E-state index contributed by atoms with van der Waals surface area (Å²) in [5, 5.41) is 0.400. The van der Waals surface area contributed by atoms with E-state index < -0.39 is 0 Å². The van der Waals surface area contributed by atoms with Gasteiger partial charge in [-0.3, -0.25) is 4.79 Å². The monoisotopic (exact) mass is 318 g/mol. The van der Waals surface area contributed by atoms with Crippen LogP contribution in [0.3, 0.4) is 0 Å². The zero-order chi connectivity index (χ0) is 12.4. The van der Waals surface area contributed by atoms with Crippen LogP contribution in [0.4, 0.5) is 0 Å². The Balaban J connectivity index is 2.38. The van der Waals surface area contributed by atoms with Crippen molar-refractivity contribution in [2.24, 2.45) is 0 Å². The Labute approximate surface area is 113 Å². The number of benzene rings is 1. The van der Waals surface area contributed by atoms with Crippen molar-refractivity contribution in [1.82, 2.24) is 0 Å². The Morgan fingerprint density at radius 3 is 2.59 bits per heavy atom. The summed E-state index contributed by atoms with van der Waals surface area (Å²) in [6.45, 7) is 2.93. The molecule has 17 heavy (non-hydrogen) atoms. The van der Waals surface area contributed by atoms with Crippen molar-refractivity contribution in [2.45, 2.75) is 18.2 Å². The van der Waals surface area contributed by atoms with E-state index in [0.717, 1.165) is 0 Å². The summed E-state index contributed by atoms with van der Waals surface area (Å²) >= 11 is 9.41. The number of hydrogen-bond acceptors (Lipinski definition) is 3. The second-order valence-electron chi connectivity index (χ2n) is 3.72. The van der Waals surface area contributed by atoms with Gasteiger partial charge < -0.3 is 9.47 Å². The van der Waals surface area contributed by atoms with Gasteiger partial charge in [0.1, 0.15) is 13.2 Å². The van der Waals surface area contributed by atoms with Gasteiger partial charge in [0.25, 0.3) is 0 Å². The van der Waals surface area contributed by atoms with Crippen LogP contribution in [0.1, 0.15) is 23.7 Å². The molecule has 1 atom stereocenters. The molecule has 0 N–H and O–H groups in total. The van der Waals surface area contributed by atoms with Crippen LogP contribution in [0.2, 0.25) is 5.02 Å². The summed E-state index contributed by atoms with van der Waals surface area (Å²) in [4.78, 5) is 11.8. The van der Waals surface area contributed by atoms with Crippen LogP contribution in [0.15, 0.2) is 12.1 Å². The molecule has 0 fully saturated rings. The fraction of sp³-hybridized carbons (Fsp3) is 0.417. The van der Waals surface area contributed by atoms with Crippen molar-refractivity contribution < 1.29 is 14.3 Å². The van der Waals surface area contributed by atoms with Gasteiger partial charge in [0.15, 0.2) is 17.3 Å². The Kier molecular flexibility index (Phi) is 3.94. The number of ether oxygens (including phenoxy) is 2. The lowest BCUT2D eigenvalue weighted by Gasteiger charge is -2.20. The van der Waals surface area contributed by atoms with E-state index in [1.54, 1.807) is 12.1 Å². The highest BCUT2D eigenvalue weighted by Gasteiger charge is 2.22. The largest absolute Gasteiger partial charge is 0.486 e. The molecule has 2 rings (SSSR count). The molecule has 0 radical (unpaired) electrons. The molecular weight excluding hydrogens is 307 g/mol. The summed E-state index contributed by atoms with van der Waals surface area (Å²) in [5.74, 6) is 1.15. The van der Waals surface area contributed by atoms with Crippen LogP contribution in [0.5, 0.6) is 11.5 Å². The first-order chi connectivity index (χ1) is 8.13. The third-order valence-electron chi connectivity index (χ3n) is 2.54.